The average molecular weight is 487 g/mol. The van der Waals surface area contributed by atoms with E-state index in [1.807, 2.05) is 6.92 Å². The van der Waals surface area contributed by atoms with Crippen molar-refractivity contribution in [3.8, 4) is 0 Å². The van der Waals surface area contributed by atoms with Crippen molar-refractivity contribution < 1.29 is 12.8 Å². The van der Waals surface area contributed by atoms with E-state index < -0.39 is 10.0 Å². The van der Waals surface area contributed by atoms with E-state index in [0.29, 0.717) is 18.2 Å². The van der Waals surface area contributed by atoms with Crippen LogP contribution >= 0.6 is 0 Å². The molecule has 1 unspecified atom stereocenters. The molecule has 1 saturated carbocycles. The van der Waals surface area contributed by atoms with Crippen LogP contribution in [0.4, 0.5) is 15.8 Å². The van der Waals surface area contributed by atoms with Gasteiger partial charge in [0.1, 0.15) is 11.7 Å². The first kappa shape index (κ1) is 24.3. The van der Waals surface area contributed by atoms with E-state index in [2.05, 4.69) is 20.6 Å². The van der Waals surface area contributed by atoms with Crippen LogP contribution in [-0.2, 0) is 10.0 Å². The lowest BCUT2D eigenvalue weighted by Gasteiger charge is -2.32. The van der Waals surface area contributed by atoms with Gasteiger partial charge in [0.2, 0.25) is 16.0 Å². The molecule has 0 amide bonds. The van der Waals surface area contributed by atoms with Gasteiger partial charge in [-0.05, 0) is 74.2 Å². The van der Waals surface area contributed by atoms with Gasteiger partial charge < -0.3 is 16.4 Å². The lowest BCUT2D eigenvalue weighted by molar-refractivity contribution is 0.268. The van der Waals surface area contributed by atoms with Gasteiger partial charge in [-0.3, -0.25) is 4.99 Å². The quantitative estimate of drug-likeness (QED) is 0.597. The molecule has 0 saturated heterocycles. The highest BCUT2D eigenvalue weighted by Crippen LogP contribution is 2.27. The number of hydrogen-bond donors (Lipinski definition) is 3. The van der Waals surface area contributed by atoms with Crippen molar-refractivity contribution in [2.75, 3.05) is 24.2 Å². The zero-order chi connectivity index (χ0) is 24.3. The molecule has 2 aromatic carbocycles. The second kappa shape index (κ2) is 10.2. The van der Waals surface area contributed by atoms with Crippen LogP contribution in [0.2, 0.25) is 0 Å². The molecule has 1 heterocycles. The van der Waals surface area contributed by atoms with Gasteiger partial charge in [-0.25, -0.2) is 12.8 Å². The molecule has 2 aliphatic rings. The zero-order valence-electron chi connectivity index (χ0n) is 19.4. The second-order valence-electron chi connectivity index (χ2n) is 8.93. The van der Waals surface area contributed by atoms with Crippen LogP contribution in [0.3, 0.4) is 0 Å². The number of amidine groups is 1. The van der Waals surface area contributed by atoms with Gasteiger partial charge in [0.15, 0.2) is 0 Å². The molecule has 1 aliphatic heterocycles. The monoisotopic (exact) mass is 486 g/mol. The van der Waals surface area contributed by atoms with Gasteiger partial charge in [0.25, 0.3) is 0 Å². The number of rotatable bonds is 5. The Balaban J connectivity index is 1.42. The van der Waals surface area contributed by atoms with Gasteiger partial charge >= 0.3 is 0 Å². The number of benzene rings is 2. The van der Waals surface area contributed by atoms with Crippen LogP contribution in [0.5, 0.6) is 0 Å². The summed E-state index contributed by atoms with van der Waals surface area (Å²) < 4.78 is 40.8. The molecule has 34 heavy (non-hydrogen) atoms. The minimum Gasteiger partial charge on any atom is -0.343 e. The summed E-state index contributed by atoms with van der Waals surface area (Å²) in [4.78, 5) is 9.26. The number of sulfonamides is 1. The highest BCUT2D eigenvalue weighted by Gasteiger charge is 2.30. The minimum absolute atomic E-state index is 0.0254. The van der Waals surface area contributed by atoms with Crippen LogP contribution in [0.25, 0.3) is 0 Å². The Morgan fingerprint density at radius 2 is 1.56 bits per heavy atom. The lowest BCUT2D eigenvalue weighted by Crippen LogP contribution is -2.41. The summed E-state index contributed by atoms with van der Waals surface area (Å²) in [6.07, 6.45) is 3.24. The van der Waals surface area contributed by atoms with Gasteiger partial charge in [-0.1, -0.05) is 6.92 Å². The SMILES string of the molecule is CC1CN=C(Nc2ccc(S(=O)(=O)N(C)C3CCC(N)CC3)cc2)N=C1Nc1ccc(F)cc1. The number of nitrogens with two attached hydrogens (primary N) is 1. The topological polar surface area (TPSA) is 112 Å². The molecule has 0 spiro atoms. The van der Waals surface area contributed by atoms with Crippen LogP contribution in [0.15, 0.2) is 63.4 Å². The fraction of sp³-hybridized carbons (Fsp3) is 0.417. The van der Waals surface area contributed by atoms with Crippen LogP contribution in [0, 0.1) is 11.7 Å². The second-order valence-corrected chi connectivity index (χ2v) is 10.9. The molecule has 10 heteroatoms. The Kier molecular flexibility index (Phi) is 7.30. The highest BCUT2D eigenvalue weighted by molar-refractivity contribution is 7.89. The number of halogens is 1. The molecule has 8 nitrogen and oxygen atoms in total. The number of hydrogen-bond acceptors (Lipinski definition) is 7. The molecule has 0 bridgehead atoms. The molecule has 0 aromatic heterocycles. The summed E-state index contributed by atoms with van der Waals surface area (Å²) >= 11 is 0. The first-order valence-electron chi connectivity index (χ1n) is 11.5. The van der Waals surface area contributed by atoms with Crippen molar-refractivity contribution in [3.63, 3.8) is 0 Å². The van der Waals surface area contributed by atoms with E-state index >= 15 is 0 Å². The summed E-state index contributed by atoms with van der Waals surface area (Å²) in [5.74, 6) is 0.923. The molecule has 1 fully saturated rings. The maximum absolute atomic E-state index is 13.2. The standard InChI is InChI=1S/C24H31FN6O2S/c1-16-15-27-24(30-23(16)28-19-7-3-17(25)4-8-19)29-20-9-13-22(14-10-20)34(32,33)31(2)21-11-5-18(26)6-12-21/h3-4,7-10,13-14,16,18,21H,5-6,11-12,15,26H2,1-2H3,(H2,27,28,29,30). The highest BCUT2D eigenvalue weighted by atomic mass is 32.2. The Bertz CT molecular complexity index is 1160. The average Bonchev–Trinajstić information content (AvgIpc) is 2.83. The van der Waals surface area contributed by atoms with Gasteiger partial charge in [-0.2, -0.15) is 9.30 Å². The first-order chi connectivity index (χ1) is 16.2. The van der Waals surface area contributed by atoms with Crippen molar-refractivity contribution in [2.45, 2.75) is 49.6 Å². The minimum atomic E-state index is -3.59. The van der Waals surface area contributed by atoms with E-state index in [-0.39, 0.29) is 28.7 Å². The maximum Gasteiger partial charge on any atom is 0.243 e. The molecule has 2 aromatic rings. The van der Waals surface area contributed by atoms with Crippen LogP contribution in [0.1, 0.15) is 32.6 Å². The molecular weight excluding hydrogens is 455 g/mol. The van der Waals surface area contributed by atoms with Crippen molar-refractivity contribution in [3.05, 3.63) is 54.3 Å². The molecule has 4 rings (SSSR count). The summed E-state index contributed by atoms with van der Waals surface area (Å²) in [6.45, 7) is 2.55. The molecule has 0 radical (unpaired) electrons. The number of guanidine groups is 1. The van der Waals surface area contributed by atoms with Gasteiger partial charge in [-0.15, -0.1) is 0 Å². The summed E-state index contributed by atoms with van der Waals surface area (Å²) in [6, 6.07) is 12.8. The van der Waals surface area contributed by atoms with Gasteiger partial charge in [0, 0.05) is 36.4 Å². The molecule has 4 N–H and O–H groups in total. The van der Waals surface area contributed by atoms with Crippen molar-refractivity contribution in [1.29, 1.82) is 0 Å². The van der Waals surface area contributed by atoms with Crippen molar-refractivity contribution >= 4 is 33.2 Å². The predicted molar refractivity (Wildman–Crippen MR) is 134 cm³/mol. The van der Waals surface area contributed by atoms with E-state index in [0.717, 1.165) is 37.2 Å². The Hall–Kier alpha value is -2.82. The fourth-order valence-electron chi connectivity index (χ4n) is 4.14. The number of aliphatic imine (C=N–C) groups is 2. The zero-order valence-corrected chi connectivity index (χ0v) is 20.2. The number of anilines is 2. The molecule has 182 valence electrons. The Labute approximate surface area is 200 Å². The van der Waals surface area contributed by atoms with Crippen LogP contribution < -0.4 is 16.4 Å². The van der Waals surface area contributed by atoms with E-state index in [9.17, 15) is 12.8 Å². The molecular formula is C24H31FN6O2S. The van der Waals surface area contributed by atoms with E-state index in [1.165, 1.54) is 16.4 Å². The largest absolute Gasteiger partial charge is 0.343 e. The molecule has 1 atom stereocenters. The summed E-state index contributed by atoms with van der Waals surface area (Å²) in [5.41, 5.74) is 7.39. The van der Waals surface area contributed by atoms with Gasteiger partial charge in [0.05, 0.1) is 11.4 Å². The van der Waals surface area contributed by atoms with Crippen molar-refractivity contribution in [2.24, 2.45) is 21.6 Å². The first-order valence-corrected chi connectivity index (χ1v) is 12.9. The predicted octanol–water partition coefficient (Wildman–Crippen LogP) is 3.64. The summed E-state index contributed by atoms with van der Waals surface area (Å²) in [5, 5.41) is 6.36. The smallest absolute Gasteiger partial charge is 0.243 e. The third-order valence-corrected chi connectivity index (χ3v) is 8.29. The van der Waals surface area contributed by atoms with Crippen molar-refractivity contribution in [1.82, 2.24) is 4.31 Å². The Morgan fingerprint density at radius 1 is 0.971 bits per heavy atom. The van der Waals surface area contributed by atoms with Crippen LogP contribution in [-0.4, -0.2) is 50.2 Å². The third kappa shape index (κ3) is 5.63. The normalized spacial score (nSPS) is 23.3. The lowest BCUT2D eigenvalue weighted by atomic mass is 9.92. The number of nitrogens with one attached hydrogen (secondary N) is 2. The number of nitrogens with zero attached hydrogens (tertiary/aromatic N) is 3. The Morgan fingerprint density at radius 3 is 2.21 bits per heavy atom. The molecule has 1 aliphatic carbocycles. The fourth-order valence-corrected chi connectivity index (χ4v) is 5.55. The maximum atomic E-state index is 13.2. The third-order valence-electron chi connectivity index (χ3n) is 6.37. The summed E-state index contributed by atoms with van der Waals surface area (Å²) in [7, 11) is -1.95. The van der Waals surface area contributed by atoms with E-state index in [4.69, 9.17) is 5.73 Å². The van der Waals surface area contributed by atoms with E-state index in [1.54, 1.807) is 43.4 Å².